The van der Waals surface area contributed by atoms with Crippen molar-refractivity contribution >= 4 is 5.69 Å². The van der Waals surface area contributed by atoms with E-state index in [9.17, 15) is 0 Å². The van der Waals surface area contributed by atoms with Gasteiger partial charge in [0.15, 0.2) is 5.69 Å². The van der Waals surface area contributed by atoms with Gasteiger partial charge in [0, 0.05) is 17.3 Å². The molecule has 22 heavy (non-hydrogen) atoms. The zero-order chi connectivity index (χ0) is 15.4. The van der Waals surface area contributed by atoms with E-state index in [0.29, 0.717) is 16.8 Å². The Kier molecular flexibility index (Phi) is 3.64. The van der Waals surface area contributed by atoms with Crippen LogP contribution in [0.15, 0.2) is 66.9 Å². The van der Waals surface area contributed by atoms with Crippen molar-refractivity contribution in [1.29, 1.82) is 5.26 Å². The Bertz CT molecular complexity index is 900. The molecule has 1 aromatic heterocycles. The Morgan fingerprint density at radius 2 is 1.77 bits per heavy atom. The zero-order valence-corrected chi connectivity index (χ0v) is 11.7. The van der Waals surface area contributed by atoms with E-state index in [4.69, 9.17) is 11.8 Å². The SMILES string of the molecule is [C-]#[N+]c1ccc(C#N)cc1-c1ncccc1-c1ccccc1. The van der Waals surface area contributed by atoms with Gasteiger partial charge in [0.2, 0.25) is 0 Å². The number of nitrogens with zero attached hydrogens (tertiary/aromatic N) is 3. The maximum absolute atomic E-state index is 9.11. The average Bonchev–Trinajstić information content (AvgIpc) is 2.62. The Balaban J connectivity index is 2.27. The van der Waals surface area contributed by atoms with E-state index in [-0.39, 0.29) is 0 Å². The van der Waals surface area contributed by atoms with Gasteiger partial charge < -0.3 is 0 Å². The fourth-order valence-corrected chi connectivity index (χ4v) is 2.36. The van der Waals surface area contributed by atoms with Gasteiger partial charge in [-0.15, -0.1) is 0 Å². The molecule has 0 aliphatic carbocycles. The van der Waals surface area contributed by atoms with Gasteiger partial charge in [0.25, 0.3) is 0 Å². The highest BCUT2D eigenvalue weighted by molar-refractivity contribution is 5.87. The molecular weight excluding hydrogens is 270 g/mol. The van der Waals surface area contributed by atoms with E-state index in [2.05, 4.69) is 15.9 Å². The van der Waals surface area contributed by atoms with Gasteiger partial charge in [-0.25, -0.2) is 4.85 Å². The molecule has 0 aliphatic heterocycles. The summed E-state index contributed by atoms with van der Waals surface area (Å²) in [5.41, 5.74) is 4.40. The minimum absolute atomic E-state index is 0.495. The lowest BCUT2D eigenvalue weighted by atomic mass is 9.97. The highest BCUT2D eigenvalue weighted by Crippen LogP contribution is 2.36. The first-order valence-electron chi connectivity index (χ1n) is 6.76. The van der Waals surface area contributed by atoms with E-state index in [1.165, 1.54) is 0 Å². The van der Waals surface area contributed by atoms with Gasteiger partial charge in [0.1, 0.15) is 0 Å². The van der Waals surface area contributed by atoms with Crippen LogP contribution in [0.4, 0.5) is 5.69 Å². The second kappa shape index (κ2) is 5.91. The zero-order valence-electron chi connectivity index (χ0n) is 11.7. The molecule has 3 rings (SSSR count). The standard InChI is InChI=1S/C19H11N3/c1-21-18-10-9-14(13-20)12-17(18)19-16(8-5-11-22-19)15-6-3-2-4-7-15/h2-12H. The molecule has 0 saturated carbocycles. The van der Waals surface area contributed by atoms with Crippen LogP contribution in [-0.4, -0.2) is 4.98 Å². The lowest BCUT2D eigenvalue weighted by molar-refractivity contribution is 1.32. The van der Waals surface area contributed by atoms with Crippen molar-refractivity contribution in [2.75, 3.05) is 0 Å². The Hall–Kier alpha value is -3.43. The fraction of sp³-hybridized carbons (Fsp3) is 0. The minimum Gasteiger partial charge on any atom is -0.257 e. The summed E-state index contributed by atoms with van der Waals surface area (Å²) >= 11 is 0. The van der Waals surface area contributed by atoms with Crippen LogP contribution in [0.3, 0.4) is 0 Å². The number of hydrogen-bond donors (Lipinski definition) is 0. The normalized spacial score (nSPS) is 9.73. The Labute approximate surface area is 128 Å². The van der Waals surface area contributed by atoms with E-state index < -0.39 is 0 Å². The Morgan fingerprint density at radius 1 is 0.955 bits per heavy atom. The van der Waals surface area contributed by atoms with E-state index >= 15 is 0 Å². The Morgan fingerprint density at radius 3 is 2.50 bits per heavy atom. The highest BCUT2D eigenvalue weighted by Gasteiger charge is 2.13. The van der Waals surface area contributed by atoms with Gasteiger partial charge in [-0.1, -0.05) is 48.5 Å². The van der Waals surface area contributed by atoms with Crippen molar-refractivity contribution in [3.8, 4) is 28.5 Å². The van der Waals surface area contributed by atoms with Gasteiger partial charge in [-0.05, 0) is 17.7 Å². The molecule has 0 aliphatic rings. The van der Waals surface area contributed by atoms with Gasteiger partial charge in [-0.2, -0.15) is 5.26 Å². The molecule has 0 saturated heterocycles. The van der Waals surface area contributed by atoms with Crippen LogP contribution < -0.4 is 0 Å². The monoisotopic (exact) mass is 281 g/mol. The lowest BCUT2D eigenvalue weighted by Gasteiger charge is -2.10. The first-order valence-corrected chi connectivity index (χ1v) is 6.76. The molecule has 0 amide bonds. The first kappa shape index (κ1) is 13.5. The summed E-state index contributed by atoms with van der Waals surface area (Å²) in [6, 6.07) is 20.9. The van der Waals surface area contributed by atoms with Crippen LogP contribution in [0, 0.1) is 17.9 Å². The van der Waals surface area contributed by atoms with Crippen molar-refractivity contribution < 1.29 is 0 Å². The smallest absolute Gasteiger partial charge is 0.196 e. The minimum atomic E-state index is 0.495. The predicted molar refractivity (Wildman–Crippen MR) is 86.1 cm³/mol. The molecule has 0 N–H and O–H groups in total. The molecule has 1 heterocycles. The number of hydrogen-bond acceptors (Lipinski definition) is 2. The number of pyridine rings is 1. The van der Waals surface area contributed by atoms with E-state index in [1.54, 1.807) is 24.4 Å². The summed E-state index contributed by atoms with van der Waals surface area (Å²) < 4.78 is 0. The predicted octanol–water partition coefficient (Wildman–Crippen LogP) is 4.84. The van der Waals surface area contributed by atoms with Crippen molar-refractivity contribution in [2.24, 2.45) is 0 Å². The summed E-state index contributed by atoms with van der Waals surface area (Å²) in [6.45, 7) is 7.35. The number of benzene rings is 2. The second-order valence-electron chi connectivity index (χ2n) is 4.72. The third kappa shape index (κ3) is 2.44. The lowest BCUT2D eigenvalue weighted by Crippen LogP contribution is -1.90. The van der Waals surface area contributed by atoms with Crippen LogP contribution in [-0.2, 0) is 0 Å². The molecule has 0 unspecified atom stereocenters. The number of rotatable bonds is 2. The summed E-state index contributed by atoms with van der Waals surface area (Å²) in [5.74, 6) is 0. The molecule has 0 radical (unpaired) electrons. The van der Waals surface area contributed by atoms with Crippen LogP contribution in [0.5, 0.6) is 0 Å². The molecule has 102 valence electrons. The third-order valence-corrected chi connectivity index (χ3v) is 3.39. The maximum atomic E-state index is 9.11. The van der Waals surface area contributed by atoms with Gasteiger partial charge >= 0.3 is 0 Å². The average molecular weight is 281 g/mol. The number of nitriles is 1. The van der Waals surface area contributed by atoms with Crippen LogP contribution in [0.2, 0.25) is 0 Å². The fourth-order valence-electron chi connectivity index (χ4n) is 2.36. The summed E-state index contributed by atoms with van der Waals surface area (Å²) in [4.78, 5) is 8.01. The molecule has 0 bridgehead atoms. The maximum Gasteiger partial charge on any atom is 0.196 e. The highest BCUT2D eigenvalue weighted by atomic mass is 14.7. The molecule has 2 aromatic carbocycles. The molecule has 3 nitrogen and oxygen atoms in total. The van der Waals surface area contributed by atoms with E-state index in [1.807, 2.05) is 42.5 Å². The molecule has 3 aromatic rings. The molecular formula is C19H11N3. The van der Waals surface area contributed by atoms with Crippen molar-refractivity contribution in [3.05, 3.63) is 83.8 Å². The quantitative estimate of drug-likeness (QED) is 0.631. The summed E-state index contributed by atoms with van der Waals surface area (Å²) in [5, 5.41) is 9.11. The van der Waals surface area contributed by atoms with Crippen LogP contribution in [0.25, 0.3) is 27.2 Å². The van der Waals surface area contributed by atoms with Gasteiger partial charge in [0.05, 0.1) is 23.9 Å². The van der Waals surface area contributed by atoms with Crippen LogP contribution >= 0.6 is 0 Å². The summed E-state index contributed by atoms with van der Waals surface area (Å²) in [6.07, 6.45) is 1.70. The largest absolute Gasteiger partial charge is 0.257 e. The molecule has 3 heteroatoms. The first-order chi connectivity index (χ1) is 10.8. The summed E-state index contributed by atoms with van der Waals surface area (Å²) in [7, 11) is 0. The molecule has 0 atom stereocenters. The van der Waals surface area contributed by atoms with Crippen molar-refractivity contribution in [1.82, 2.24) is 4.98 Å². The van der Waals surface area contributed by atoms with Crippen molar-refractivity contribution in [3.63, 3.8) is 0 Å². The van der Waals surface area contributed by atoms with Crippen LogP contribution in [0.1, 0.15) is 5.56 Å². The topological polar surface area (TPSA) is 41.0 Å². The molecule has 0 fully saturated rings. The van der Waals surface area contributed by atoms with Crippen molar-refractivity contribution in [2.45, 2.75) is 0 Å². The van der Waals surface area contributed by atoms with E-state index in [0.717, 1.165) is 16.8 Å². The van der Waals surface area contributed by atoms with Gasteiger partial charge in [-0.3, -0.25) is 4.98 Å². The third-order valence-electron chi connectivity index (χ3n) is 3.39. The number of aromatic nitrogens is 1. The molecule has 0 spiro atoms. The second-order valence-corrected chi connectivity index (χ2v) is 4.72.